The fourth-order valence-corrected chi connectivity index (χ4v) is 6.85. The second-order valence-electron chi connectivity index (χ2n) is 13.9. The summed E-state index contributed by atoms with van der Waals surface area (Å²) in [5, 5.41) is 13.2. The van der Waals surface area contributed by atoms with Crippen LogP contribution in [0.5, 0.6) is 0 Å². The third-order valence-corrected chi connectivity index (χ3v) is 9.91. The number of rotatable bonds is 36. The molecular formula is C40H77NO5S. The molecule has 0 spiro atoms. The molecule has 0 aromatic heterocycles. The Hall–Kier alpha value is -1.18. The first-order chi connectivity index (χ1) is 22.8. The number of hydrogen-bond acceptors (Lipinski definition) is 4. The molecule has 47 heavy (non-hydrogen) atoms. The van der Waals surface area contributed by atoms with Gasteiger partial charge in [0.05, 0.1) is 17.9 Å². The second-order valence-corrected chi connectivity index (χ2v) is 15.4. The third kappa shape index (κ3) is 35.9. The highest BCUT2D eigenvalue weighted by Gasteiger charge is 2.24. The van der Waals surface area contributed by atoms with Crippen LogP contribution in [0.1, 0.15) is 206 Å². The molecule has 0 bridgehead atoms. The Morgan fingerprint density at radius 3 is 1.34 bits per heavy atom. The standard InChI is InChI=1S/C40H77NO5S/c1-3-5-7-9-11-13-15-17-18-19-20-21-22-23-24-26-28-30-32-34-36-40(43)41-38(37-47(44,45)46)39(42)35-33-31-29-27-25-16-14-12-10-8-6-4-2/h25,27,33,35,38-39,42H,3-24,26,28-32,34,36-37H2,1-2H3,(H,41,43)(H,44,45,46)/b27-25+,35-33+. The number of allylic oxidation sites excluding steroid dienone is 3. The molecule has 0 radical (unpaired) electrons. The summed E-state index contributed by atoms with van der Waals surface area (Å²) in [6.07, 6.45) is 43.1. The first-order valence-electron chi connectivity index (χ1n) is 20.0. The normalized spacial score (nSPS) is 13.5. The van der Waals surface area contributed by atoms with Gasteiger partial charge in [-0.25, -0.2) is 0 Å². The summed E-state index contributed by atoms with van der Waals surface area (Å²) in [5.74, 6) is -0.993. The molecule has 0 aromatic carbocycles. The third-order valence-electron chi connectivity index (χ3n) is 9.13. The number of nitrogens with one attached hydrogen (secondary N) is 1. The topological polar surface area (TPSA) is 104 Å². The number of aliphatic hydroxyl groups excluding tert-OH is 1. The van der Waals surface area contributed by atoms with E-state index >= 15 is 0 Å². The summed E-state index contributed by atoms with van der Waals surface area (Å²) in [4.78, 5) is 12.5. The van der Waals surface area contributed by atoms with Crippen molar-refractivity contribution in [2.45, 2.75) is 219 Å². The first-order valence-corrected chi connectivity index (χ1v) is 21.6. The molecule has 1 amide bonds. The van der Waals surface area contributed by atoms with E-state index in [1.165, 1.54) is 154 Å². The highest BCUT2D eigenvalue weighted by Crippen LogP contribution is 2.15. The zero-order valence-corrected chi connectivity index (χ0v) is 31.7. The van der Waals surface area contributed by atoms with Gasteiger partial charge in [0.15, 0.2) is 0 Å². The molecular weight excluding hydrogens is 607 g/mol. The molecule has 0 saturated heterocycles. The molecule has 0 aliphatic heterocycles. The maximum atomic E-state index is 12.5. The van der Waals surface area contributed by atoms with E-state index in [1.807, 2.05) is 6.08 Å². The molecule has 0 saturated carbocycles. The van der Waals surface area contributed by atoms with Gasteiger partial charge < -0.3 is 10.4 Å². The number of carbonyl (C=O) groups excluding carboxylic acids is 1. The maximum Gasteiger partial charge on any atom is 0.267 e. The summed E-state index contributed by atoms with van der Waals surface area (Å²) in [6.45, 7) is 4.50. The molecule has 278 valence electrons. The molecule has 0 rings (SSSR count). The lowest BCUT2D eigenvalue weighted by atomic mass is 10.0. The van der Waals surface area contributed by atoms with Crippen molar-refractivity contribution in [2.24, 2.45) is 0 Å². The van der Waals surface area contributed by atoms with Gasteiger partial charge in [-0.3, -0.25) is 9.35 Å². The van der Waals surface area contributed by atoms with Crippen LogP contribution in [-0.2, 0) is 14.9 Å². The molecule has 0 fully saturated rings. The van der Waals surface area contributed by atoms with Crippen molar-refractivity contribution in [3.05, 3.63) is 24.3 Å². The van der Waals surface area contributed by atoms with Crippen molar-refractivity contribution in [1.82, 2.24) is 5.32 Å². The van der Waals surface area contributed by atoms with Crippen LogP contribution in [0.3, 0.4) is 0 Å². The molecule has 0 aliphatic rings. The Kier molecular flexibility index (Phi) is 33.8. The van der Waals surface area contributed by atoms with Gasteiger partial charge in [0.2, 0.25) is 5.91 Å². The van der Waals surface area contributed by atoms with Crippen LogP contribution in [0, 0.1) is 0 Å². The number of hydrogen-bond donors (Lipinski definition) is 3. The summed E-state index contributed by atoms with van der Waals surface area (Å²) in [7, 11) is -4.34. The zero-order chi connectivity index (χ0) is 34.7. The number of aliphatic hydroxyl groups is 1. The Labute approximate surface area is 292 Å². The predicted octanol–water partition coefficient (Wildman–Crippen LogP) is 11.6. The Morgan fingerprint density at radius 1 is 0.553 bits per heavy atom. The van der Waals surface area contributed by atoms with Gasteiger partial charge in [0, 0.05) is 6.42 Å². The smallest absolute Gasteiger partial charge is 0.267 e. The fourth-order valence-electron chi connectivity index (χ4n) is 6.11. The maximum absolute atomic E-state index is 12.5. The van der Waals surface area contributed by atoms with Crippen LogP contribution in [0.25, 0.3) is 0 Å². The van der Waals surface area contributed by atoms with Crippen molar-refractivity contribution in [1.29, 1.82) is 0 Å². The number of amides is 1. The van der Waals surface area contributed by atoms with Crippen molar-refractivity contribution >= 4 is 16.0 Å². The van der Waals surface area contributed by atoms with Crippen LogP contribution in [0.15, 0.2) is 24.3 Å². The Balaban J connectivity index is 3.88. The van der Waals surface area contributed by atoms with Crippen LogP contribution >= 0.6 is 0 Å². The Morgan fingerprint density at radius 2 is 0.915 bits per heavy atom. The van der Waals surface area contributed by atoms with Crippen molar-refractivity contribution in [3.8, 4) is 0 Å². The molecule has 2 atom stereocenters. The molecule has 2 unspecified atom stereocenters. The van der Waals surface area contributed by atoms with E-state index in [1.54, 1.807) is 0 Å². The number of unbranched alkanes of at least 4 members (excludes halogenated alkanes) is 26. The van der Waals surface area contributed by atoms with Gasteiger partial charge in [-0.2, -0.15) is 8.42 Å². The lowest BCUT2D eigenvalue weighted by Crippen LogP contribution is -2.46. The van der Waals surface area contributed by atoms with E-state index in [0.29, 0.717) is 6.42 Å². The minimum Gasteiger partial charge on any atom is -0.387 e. The van der Waals surface area contributed by atoms with Gasteiger partial charge >= 0.3 is 0 Å². The van der Waals surface area contributed by atoms with Gasteiger partial charge in [-0.15, -0.1) is 0 Å². The van der Waals surface area contributed by atoms with Crippen molar-refractivity contribution in [3.63, 3.8) is 0 Å². The fraction of sp³-hybridized carbons (Fsp3) is 0.875. The molecule has 3 N–H and O–H groups in total. The van der Waals surface area contributed by atoms with E-state index in [4.69, 9.17) is 0 Å². The van der Waals surface area contributed by atoms with Gasteiger partial charge in [-0.05, 0) is 32.1 Å². The Bertz CT molecular complexity index is 842. The SMILES string of the molecule is CCCCCCCC/C=C/CC/C=C/C(O)C(CS(=O)(=O)O)NC(=O)CCCCCCCCCCCCCCCCCCCCCC. The van der Waals surface area contributed by atoms with Gasteiger partial charge in [-0.1, -0.05) is 192 Å². The summed E-state index contributed by atoms with van der Waals surface area (Å²) in [6, 6.07) is -1.07. The van der Waals surface area contributed by atoms with Crippen LogP contribution in [0.4, 0.5) is 0 Å². The molecule has 6 nitrogen and oxygen atoms in total. The predicted molar refractivity (Wildman–Crippen MR) is 202 cm³/mol. The van der Waals surface area contributed by atoms with Gasteiger partial charge in [0.25, 0.3) is 10.1 Å². The first kappa shape index (κ1) is 45.8. The summed E-state index contributed by atoms with van der Waals surface area (Å²) < 4.78 is 32.4. The zero-order valence-electron chi connectivity index (χ0n) is 30.9. The van der Waals surface area contributed by atoms with Gasteiger partial charge in [0.1, 0.15) is 0 Å². The minimum absolute atomic E-state index is 0.286. The highest BCUT2D eigenvalue weighted by atomic mass is 32.2. The van der Waals surface area contributed by atoms with Crippen LogP contribution in [0.2, 0.25) is 0 Å². The molecule has 7 heteroatoms. The number of carbonyl (C=O) groups is 1. The highest BCUT2D eigenvalue weighted by molar-refractivity contribution is 7.85. The van der Waals surface area contributed by atoms with Crippen molar-refractivity contribution in [2.75, 3.05) is 5.75 Å². The van der Waals surface area contributed by atoms with Crippen LogP contribution < -0.4 is 5.32 Å². The summed E-state index contributed by atoms with van der Waals surface area (Å²) >= 11 is 0. The summed E-state index contributed by atoms with van der Waals surface area (Å²) in [5.41, 5.74) is 0. The monoisotopic (exact) mass is 684 g/mol. The molecule has 0 aromatic rings. The lowest BCUT2D eigenvalue weighted by Gasteiger charge is -2.21. The average Bonchev–Trinajstić information content (AvgIpc) is 3.03. The minimum atomic E-state index is -4.34. The van der Waals surface area contributed by atoms with E-state index in [-0.39, 0.29) is 5.91 Å². The second kappa shape index (κ2) is 34.7. The van der Waals surface area contributed by atoms with E-state index in [0.717, 1.165) is 38.5 Å². The van der Waals surface area contributed by atoms with Crippen molar-refractivity contribution < 1.29 is 22.9 Å². The van der Waals surface area contributed by atoms with Crippen LogP contribution in [-0.4, -0.2) is 41.9 Å². The van der Waals surface area contributed by atoms with E-state index in [2.05, 4.69) is 31.3 Å². The average molecular weight is 684 g/mol. The van der Waals surface area contributed by atoms with E-state index in [9.17, 15) is 22.9 Å². The largest absolute Gasteiger partial charge is 0.387 e. The quantitative estimate of drug-likeness (QED) is 0.0346. The lowest BCUT2D eigenvalue weighted by molar-refractivity contribution is -0.122. The molecule has 0 aliphatic carbocycles. The van der Waals surface area contributed by atoms with E-state index < -0.39 is 28.0 Å². The molecule has 0 heterocycles.